The Balaban J connectivity index is 1.50. The van der Waals surface area contributed by atoms with E-state index in [1.807, 2.05) is 24.3 Å². The minimum Gasteiger partial charge on any atom is -0.509 e. The van der Waals surface area contributed by atoms with Crippen LogP contribution in [0, 0.1) is 5.41 Å². The molecule has 3 heterocycles. The van der Waals surface area contributed by atoms with Crippen molar-refractivity contribution in [3.63, 3.8) is 0 Å². The fraction of sp³-hybridized carbons (Fsp3) is 0.273. The first-order valence-corrected chi connectivity index (χ1v) is 11.8. The summed E-state index contributed by atoms with van der Waals surface area (Å²) in [5.74, 6) is 0.598. The van der Waals surface area contributed by atoms with E-state index in [2.05, 4.69) is 9.97 Å². The number of hydrogen-bond donors (Lipinski definition) is 3. The predicted octanol–water partition coefficient (Wildman–Crippen LogP) is 2.36. The maximum atomic E-state index is 13.3. The summed E-state index contributed by atoms with van der Waals surface area (Å²) in [6, 6.07) is 12.2. The second-order valence-electron chi connectivity index (χ2n) is 7.71. The van der Waals surface area contributed by atoms with Gasteiger partial charge in [-0.1, -0.05) is 12.1 Å². The molecule has 0 amide bonds. The number of aromatic nitrogens is 2. The number of anilines is 1. The molecule has 3 aromatic rings. The van der Waals surface area contributed by atoms with Crippen LogP contribution < -0.4 is 9.64 Å². The fourth-order valence-electron chi connectivity index (χ4n) is 4.08. The molecule has 10 nitrogen and oxygen atoms in total. The number of H-pyrrole nitrogens is 1. The number of hydrogen-bond acceptors (Lipinski definition) is 7. The molecule has 1 fully saturated rings. The van der Waals surface area contributed by atoms with Crippen molar-refractivity contribution in [3.05, 3.63) is 54.0 Å². The van der Waals surface area contributed by atoms with Gasteiger partial charge in [0.25, 0.3) is 0 Å². The largest absolute Gasteiger partial charge is 0.509 e. The van der Waals surface area contributed by atoms with Gasteiger partial charge in [0, 0.05) is 18.8 Å². The number of fused-ring (bicyclic) bond motifs is 1. The molecule has 0 radical (unpaired) electrons. The number of aliphatic hydroxyl groups excluding tert-OH is 1. The molecule has 5 rings (SSSR count). The van der Waals surface area contributed by atoms with Crippen LogP contribution in [0.25, 0.3) is 16.6 Å². The van der Waals surface area contributed by atoms with Crippen molar-refractivity contribution in [2.24, 2.45) is 0 Å². The molecule has 3 N–H and O–H groups in total. The molecule has 11 heteroatoms. The highest BCUT2D eigenvalue weighted by Gasteiger charge is 2.34. The molecule has 2 aliphatic rings. The van der Waals surface area contributed by atoms with Crippen LogP contribution in [-0.4, -0.2) is 73.6 Å². The van der Waals surface area contributed by atoms with Gasteiger partial charge in [-0.3, -0.25) is 5.41 Å². The van der Waals surface area contributed by atoms with Crippen LogP contribution in [0.3, 0.4) is 0 Å². The number of ether oxygens (including phenoxy) is 2. The number of rotatable bonds is 5. The number of benzene rings is 2. The first-order valence-electron chi connectivity index (χ1n) is 10.4. The maximum absolute atomic E-state index is 13.3. The number of aliphatic hydroxyl groups is 1. The Morgan fingerprint density at radius 2 is 1.94 bits per heavy atom. The van der Waals surface area contributed by atoms with Crippen LogP contribution in [0.1, 0.15) is 5.82 Å². The topological polar surface area (TPSA) is 132 Å². The van der Waals surface area contributed by atoms with E-state index >= 15 is 0 Å². The van der Waals surface area contributed by atoms with E-state index in [4.69, 9.17) is 14.9 Å². The molecule has 2 aromatic carbocycles. The quantitative estimate of drug-likeness (QED) is 0.523. The number of morpholine rings is 1. The third-order valence-corrected chi connectivity index (χ3v) is 7.70. The molecule has 1 aromatic heterocycles. The number of imidazole rings is 1. The number of nitrogens with one attached hydrogen (secondary N) is 2. The Morgan fingerprint density at radius 1 is 1.18 bits per heavy atom. The number of nitrogens with zero attached hydrogens (tertiary/aromatic N) is 3. The Labute approximate surface area is 190 Å². The number of aromatic amines is 1. The maximum Gasteiger partial charge on any atom is 0.246 e. The Kier molecular flexibility index (Phi) is 5.31. The van der Waals surface area contributed by atoms with Crippen molar-refractivity contribution >= 4 is 38.2 Å². The average Bonchev–Trinajstić information content (AvgIpc) is 3.38. The summed E-state index contributed by atoms with van der Waals surface area (Å²) in [6.07, 6.45) is 0. The number of amidine groups is 1. The lowest BCUT2D eigenvalue weighted by Crippen LogP contribution is -2.40. The van der Waals surface area contributed by atoms with Gasteiger partial charge < -0.3 is 24.5 Å². The zero-order valence-electron chi connectivity index (χ0n) is 17.9. The second-order valence-corrected chi connectivity index (χ2v) is 9.62. The summed E-state index contributed by atoms with van der Waals surface area (Å²) >= 11 is 0. The Hall–Kier alpha value is -3.41. The van der Waals surface area contributed by atoms with Gasteiger partial charge in [-0.2, -0.15) is 4.31 Å². The van der Waals surface area contributed by atoms with Gasteiger partial charge >= 0.3 is 0 Å². The van der Waals surface area contributed by atoms with Crippen molar-refractivity contribution in [2.45, 2.75) is 4.90 Å². The van der Waals surface area contributed by atoms with Crippen LogP contribution in [-0.2, 0) is 14.8 Å². The zero-order chi connectivity index (χ0) is 23.2. The lowest BCUT2D eigenvalue weighted by molar-refractivity contribution is 0.0729. The fourth-order valence-corrected chi connectivity index (χ4v) is 5.66. The highest BCUT2D eigenvalue weighted by atomic mass is 32.2. The van der Waals surface area contributed by atoms with Crippen molar-refractivity contribution in [2.75, 3.05) is 44.9 Å². The van der Waals surface area contributed by atoms with Crippen LogP contribution in [0.4, 0.5) is 5.69 Å². The summed E-state index contributed by atoms with van der Waals surface area (Å²) in [6.45, 7) is 1.20. The van der Waals surface area contributed by atoms with Gasteiger partial charge in [0.1, 0.15) is 28.1 Å². The van der Waals surface area contributed by atoms with E-state index in [-0.39, 0.29) is 47.4 Å². The summed E-state index contributed by atoms with van der Waals surface area (Å²) < 4.78 is 38.6. The van der Waals surface area contributed by atoms with Crippen molar-refractivity contribution in [1.29, 1.82) is 5.41 Å². The molecule has 0 unspecified atom stereocenters. The van der Waals surface area contributed by atoms with Gasteiger partial charge in [-0.25, -0.2) is 13.4 Å². The van der Waals surface area contributed by atoms with Crippen LogP contribution in [0.2, 0.25) is 0 Å². The standard InChI is InChI=1S/C22H23N5O5S/c1-31-18-7-6-14(12-19(18)33(29,30)26-8-10-32-11-9-26)27-13-17(28)20(21(27)23)22-24-15-4-2-3-5-16(15)25-22/h2-7,12,23,28H,8-11,13H2,1H3,(H,24,25). The molecule has 0 atom stereocenters. The molecule has 0 bridgehead atoms. The highest BCUT2D eigenvalue weighted by molar-refractivity contribution is 7.89. The monoisotopic (exact) mass is 469 g/mol. The molecular formula is C22H23N5O5S. The van der Waals surface area contributed by atoms with Crippen molar-refractivity contribution in [3.8, 4) is 5.75 Å². The predicted molar refractivity (Wildman–Crippen MR) is 123 cm³/mol. The minimum atomic E-state index is -3.83. The van der Waals surface area contributed by atoms with E-state index in [1.54, 1.807) is 12.1 Å². The first-order chi connectivity index (χ1) is 15.9. The third kappa shape index (κ3) is 3.63. The van der Waals surface area contributed by atoms with Gasteiger partial charge in [0.15, 0.2) is 0 Å². The average molecular weight is 470 g/mol. The molecule has 1 saturated heterocycles. The van der Waals surface area contributed by atoms with E-state index in [0.29, 0.717) is 24.7 Å². The summed E-state index contributed by atoms with van der Waals surface area (Å²) in [7, 11) is -2.42. The highest BCUT2D eigenvalue weighted by Crippen LogP contribution is 2.35. The lowest BCUT2D eigenvalue weighted by atomic mass is 10.2. The molecule has 2 aliphatic heterocycles. The minimum absolute atomic E-state index is 0.00822. The third-order valence-electron chi connectivity index (χ3n) is 5.78. The Morgan fingerprint density at radius 3 is 2.67 bits per heavy atom. The van der Waals surface area contributed by atoms with Crippen LogP contribution in [0.15, 0.2) is 53.1 Å². The van der Waals surface area contributed by atoms with E-state index < -0.39 is 10.0 Å². The summed E-state index contributed by atoms with van der Waals surface area (Å²) in [5, 5.41) is 19.4. The molecule has 0 spiro atoms. The smallest absolute Gasteiger partial charge is 0.246 e. The lowest BCUT2D eigenvalue weighted by Gasteiger charge is -2.27. The van der Waals surface area contributed by atoms with E-state index in [0.717, 1.165) is 11.0 Å². The molecule has 0 aliphatic carbocycles. The SMILES string of the molecule is COc1ccc(N2CC(O)=C(c3nc4ccccc4[nH]3)C2=N)cc1S(=O)(=O)N1CCOCC1. The number of methoxy groups -OCH3 is 1. The second kappa shape index (κ2) is 8.18. The molecule has 0 saturated carbocycles. The van der Waals surface area contributed by atoms with Gasteiger partial charge in [-0.05, 0) is 30.3 Å². The molecular weight excluding hydrogens is 446 g/mol. The molecule has 33 heavy (non-hydrogen) atoms. The first kappa shape index (κ1) is 21.4. The zero-order valence-corrected chi connectivity index (χ0v) is 18.7. The Bertz CT molecular complexity index is 1340. The van der Waals surface area contributed by atoms with E-state index in [9.17, 15) is 13.5 Å². The number of para-hydroxylation sites is 2. The normalized spacial score (nSPS) is 17.8. The van der Waals surface area contributed by atoms with Crippen molar-refractivity contribution < 1.29 is 23.0 Å². The van der Waals surface area contributed by atoms with E-state index in [1.165, 1.54) is 22.4 Å². The van der Waals surface area contributed by atoms with Crippen LogP contribution in [0.5, 0.6) is 5.75 Å². The summed E-state index contributed by atoms with van der Waals surface area (Å²) in [5.41, 5.74) is 2.25. The van der Waals surface area contributed by atoms with Gasteiger partial charge in [0.2, 0.25) is 10.0 Å². The molecule has 172 valence electrons. The number of sulfonamides is 1. The van der Waals surface area contributed by atoms with Gasteiger partial charge in [-0.15, -0.1) is 0 Å². The summed E-state index contributed by atoms with van der Waals surface area (Å²) in [4.78, 5) is 9.18. The van der Waals surface area contributed by atoms with Crippen LogP contribution >= 0.6 is 0 Å². The van der Waals surface area contributed by atoms with Crippen molar-refractivity contribution in [1.82, 2.24) is 14.3 Å². The van der Waals surface area contributed by atoms with Gasteiger partial charge in [0.05, 0.1) is 43.5 Å².